The molecule has 1 unspecified atom stereocenters. The Bertz CT molecular complexity index is 1450. The Morgan fingerprint density at radius 3 is 2.85 bits per heavy atom. The van der Waals surface area contributed by atoms with Gasteiger partial charge >= 0.3 is 12.2 Å². The van der Waals surface area contributed by atoms with E-state index in [0.29, 0.717) is 36.2 Å². The first-order valence-electron chi connectivity index (χ1n) is 13.4. The lowest BCUT2D eigenvalue weighted by Gasteiger charge is -2.45. The van der Waals surface area contributed by atoms with Gasteiger partial charge in [0.25, 0.3) is 0 Å². The Labute approximate surface area is 234 Å². The number of rotatable bonds is 5. The van der Waals surface area contributed by atoms with Crippen molar-refractivity contribution in [1.82, 2.24) is 15.0 Å². The van der Waals surface area contributed by atoms with Crippen molar-refractivity contribution in [3.63, 3.8) is 0 Å². The van der Waals surface area contributed by atoms with Crippen LogP contribution in [-0.2, 0) is 15.7 Å². The second-order valence-corrected chi connectivity index (χ2v) is 10.7. The average molecular weight is 571 g/mol. The minimum atomic E-state index is -4.50. The number of pyridine rings is 1. The minimum absolute atomic E-state index is 0.106. The van der Waals surface area contributed by atoms with Crippen LogP contribution < -0.4 is 19.9 Å². The zero-order valence-electron chi connectivity index (χ0n) is 22.5. The third kappa shape index (κ3) is 5.77. The van der Waals surface area contributed by atoms with Gasteiger partial charge in [-0.1, -0.05) is 12.1 Å². The third-order valence-electron chi connectivity index (χ3n) is 7.22. The van der Waals surface area contributed by atoms with Gasteiger partial charge in [-0.15, -0.1) is 0 Å². The van der Waals surface area contributed by atoms with E-state index in [1.165, 1.54) is 18.3 Å². The van der Waals surface area contributed by atoms with Gasteiger partial charge in [0.15, 0.2) is 17.4 Å². The lowest BCUT2D eigenvalue weighted by molar-refractivity contribution is -0.141. The maximum absolute atomic E-state index is 13.7. The van der Waals surface area contributed by atoms with Crippen LogP contribution >= 0.6 is 0 Å². The van der Waals surface area contributed by atoms with Crippen molar-refractivity contribution in [3.05, 3.63) is 54.4 Å². The number of hydrogen-bond donors (Lipinski definition) is 1. The molecule has 2 aromatic heterocycles. The first kappa shape index (κ1) is 27.2. The fraction of sp³-hybridized carbons (Fsp3) is 0.429. The lowest BCUT2D eigenvalue weighted by Crippen LogP contribution is -2.56. The smallest absolute Gasteiger partial charge is 0.416 e. The van der Waals surface area contributed by atoms with E-state index >= 15 is 0 Å². The number of alkyl halides is 3. The van der Waals surface area contributed by atoms with Crippen molar-refractivity contribution < 1.29 is 32.2 Å². The number of nitrogens with zero attached hydrogens (tertiary/aromatic N) is 5. The SMILES string of the molecule is CC1(C)OC[C@@H](COc2cc(NC(=O)N3c4nc(-c5cccc(C(F)(F)F)c5)ncc4N4CCCC3C4)ccn2)O1. The van der Waals surface area contributed by atoms with E-state index in [1.54, 1.807) is 23.2 Å². The van der Waals surface area contributed by atoms with Crippen molar-refractivity contribution in [3.8, 4) is 17.3 Å². The molecule has 3 aromatic rings. The summed E-state index contributed by atoms with van der Waals surface area (Å²) in [4.78, 5) is 30.6. The molecule has 3 aliphatic heterocycles. The quantitative estimate of drug-likeness (QED) is 0.452. The summed E-state index contributed by atoms with van der Waals surface area (Å²) in [6.07, 6.45) is 0.00221. The normalized spacial score (nSPS) is 21.4. The molecule has 216 valence electrons. The summed E-state index contributed by atoms with van der Waals surface area (Å²) in [5.41, 5.74) is 0.547. The predicted molar refractivity (Wildman–Crippen MR) is 144 cm³/mol. The highest BCUT2D eigenvalue weighted by atomic mass is 19.4. The van der Waals surface area contributed by atoms with E-state index in [9.17, 15) is 18.0 Å². The molecule has 6 rings (SSSR count). The molecule has 2 amide bonds. The molecular formula is C28H29F3N6O4. The van der Waals surface area contributed by atoms with E-state index in [-0.39, 0.29) is 30.1 Å². The van der Waals surface area contributed by atoms with Gasteiger partial charge in [-0.3, -0.25) is 4.90 Å². The summed E-state index contributed by atoms with van der Waals surface area (Å²) in [5, 5.41) is 2.91. The zero-order valence-corrected chi connectivity index (χ0v) is 22.5. The molecule has 5 heterocycles. The van der Waals surface area contributed by atoms with Crippen LogP contribution in [0.1, 0.15) is 32.3 Å². The number of amides is 2. The first-order valence-corrected chi connectivity index (χ1v) is 13.4. The number of halogens is 3. The van der Waals surface area contributed by atoms with Crippen LogP contribution in [0.15, 0.2) is 48.8 Å². The molecule has 13 heteroatoms. The molecule has 0 saturated carbocycles. The summed E-state index contributed by atoms with van der Waals surface area (Å²) in [6, 6.07) is 7.53. The summed E-state index contributed by atoms with van der Waals surface area (Å²) < 4.78 is 57.1. The average Bonchev–Trinajstić information content (AvgIpc) is 3.30. The largest absolute Gasteiger partial charge is 0.475 e. The number of carbonyl (C=O) groups excluding carboxylic acids is 1. The molecule has 1 aromatic carbocycles. The van der Waals surface area contributed by atoms with Gasteiger partial charge < -0.3 is 24.4 Å². The number of urea groups is 1. The second-order valence-electron chi connectivity index (χ2n) is 10.7. The van der Waals surface area contributed by atoms with E-state index in [0.717, 1.165) is 31.5 Å². The molecule has 3 aliphatic rings. The summed E-state index contributed by atoms with van der Waals surface area (Å²) in [6.45, 7) is 5.69. The van der Waals surface area contributed by atoms with Gasteiger partial charge in [-0.2, -0.15) is 13.2 Å². The monoisotopic (exact) mass is 570 g/mol. The number of anilines is 3. The van der Waals surface area contributed by atoms with Crippen LogP contribution in [0.5, 0.6) is 5.88 Å². The van der Waals surface area contributed by atoms with E-state index in [1.807, 2.05) is 13.8 Å². The Morgan fingerprint density at radius 1 is 1.22 bits per heavy atom. The van der Waals surface area contributed by atoms with E-state index in [2.05, 4.69) is 25.2 Å². The molecule has 2 bridgehead atoms. The van der Waals surface area contributed by atoms with Crippen LogP contribution in [0.4, 0.5) is 35.2 Å². The van der Waals surface area contributed by atoms with Gasteiger partial charge in [0.1, 0.15) is 12.7 Å². The van der Waals surface area contributed by atoms with Crippen molar-refractivity contribution in [2.75, 3.05) is 41.4 Å². The van der Waals surface area contributed by atoms with Gasteiger partial charge in [-0.25, -0.2) is 19.7 Å². The summed E-state index contributed by atoms with van der Waals surface area (Å²) in [5.74, 6) is 0.108. The predicted octanol–water partition coefficient (Wildman–Crippen LogP) is 5.11. The Morgan fingerprint density at radius 2 is 2.07 bits per heavy atom. The van der Waals surface area contributed by atoms with Gasteiger partial charge in [0.2, 0.25) is 5.88 Å². The van der Waals surface area contributed by atoms with Crippen LogP contribution in [0.3, 0.4) is 0 Å². The highest BCUT2D eigenvalue weighted by Crippen LogP contribution is 2.39. The standard InChI is InChI=1S/C28H29F3N6O4/c1-27(2)40-16-21(41-27)15-39-23-12-19(8-9-32-23)34-26(38)37-20-7-4-10-36(14-20)22-13-33-24(35-25(22)37)17-5-3-6-18(11-17)28(29,30)31/h3,5-6,8-9,11-13,20-21H,4,7,10,14-16H2,1-2H3,(H,32,34,38)/t20?,21-/m1/s1. The zero-order chi connectivity index (χ0) is 28.8. The van der Waals surface area contributed by atoms with Gasteiger partial charge in [-0.05, 0) is 44.9 Å². The van der Waals surface area contributed by atoms with Crippen LogP contribution in [0, 0.1) is 0 Å². The number of ether oxygens (including phenoxy) is 3. The molecule has 41 heavy (non-hydrogen) atoms. The first-order chi connectivity index (χ1) is 19.6. The molecular weight excluding hydrogens is 541 g/mol. The Balaban J connectivity index is 1.24. The molecule has 0 radical (unpaired) electrons. The number of hydrogen-bond acceptors (Lipinski definition) is 8. The number of benzene rings is 1. The minimum Gasteiger partial charge on any atom is -0.475 e. The highest BCUT2D eigenvalue weighted by Gasteiger charge is 2.39. The fourth-order valence-corrected chi connectivity index (χ4v) is 5.33. The summed E-state index contributed by atoms with van der Waals surface area (Å²) >= 11 is 0. The Kier molecular flexibility index (Phi) is 6.94. The van der Waals surface area contributed by atoms with Crippen LogP contribution in [0.25, 0.3) is 11.4 Å². The van der Waals surface area contributed by atoms with Crippen molar-refractivity contribution in [2.45, 2.75) is 50.8 Å². The molecule has 10 nitrogen and oxygen atoms in total. The van der Waals surface area contributed by atoms with Crippen LogP contribution in [0.2, 0.25) is 0 Å². The molecule has 0 spiro atoms. The summed E-state index contributed by atoms with van der Waals surface area (Å²) in [7, 11) is 0. The number of aromatic nitrogens is 3. The third-order valence-corrected chi connectivity index (χ3v) is 7.22. The van der Waals surface area contributed by atoms with E-state index < -0.39 is 23.6 Å². The maximum atomic E-state index is 13.7. The second kappa shape index (κ2) is 10.5. The number of fused-ring (bicyclic) bond motifs is 4. The van der Waals surface area contributed by atoms with Crippen molar-refractivity contribution in [2.24, 2.45) is 0 Å². The lowest BCUT2D eigenvalue weighted by atomic mass is 10.0. The number of carbonyl (C=O) groups is 1. The molecule has 0 aliphatic carbocycles. The molecule has 2 atom stereocenters. The molecule has 2 saturated heterocycles. The van der Waals surface area contributed by atoms with Crippen molar-refractivity contribution >= 4 is 23.2 Å². The molecule has 2 fully saturated rings. The van der Waals surface area contributed by atoms with Gasteiger partial charge in [0, 0.05) is 36.6 Å². The van der Waals surface area contributed by atoms with Gasteiger partial charge in [0.05, 0.1) is 30.1 Å². The maximum Gasteiger partial charge on any atom is 0.416 e. The topological polar surface area (TPSA) is 102 Å². The van der Waals surface area contributed by atoms with Crippen molar-refractivity contribution in [1.29, 1.82) is 0 Å². The number of nitrogens with one attached hydrogen (secondary N) is 1. The number of piperidine rings is 1. The van der Waals surface area contributed by atoms with Crippen LogP contribution in [-0.4, -0.2) is 65.2 Å². The Hall–Kier alpha value is -3.97. The highest BCUT2D eigenvalue weighted by molar-refractivity contribution is 6.04. The van der Waals surface area contributed by atoms with E-state index in [4.69, 9.17) is 14.2 Å². The fourth-order valence-electron chi connectivity index (χ4n) is 5.33. The molecule has 1 N–H and O–H groups in total.